The molecule has 2 N–H and O–H groups in total. The Kier molecular flexibility index (Phi) is 3.09. The largest absolute Gasteiger partial charge is 0.372 e. The highest BCUT2D eigenvalue weighted by atomic mass is 16.2. The summed E-state index contributed by atoms with van der Waals surface area (Å²) in [5, 5.41) is 6.37. The quantitative estimate of drug-likeness (QED) is 0.822. The van der Waals surface area contributed by atoms with Gasteiger partial charge in [0.2, 0.25) is 5.91 Å². The van der Waals surface area contributed by atoms with Crippen LogP contribution in [0, 0.1) is 5.92 Å². The average molecular weight is 232 g/mol. The maximum absolute atomic E-state index is 11.9. The zero-order chi connectivity index (χ0) is 12.6. The van der Waals surface area contributed by atoms with E-state index in [1.807, 2.05) is 12.1 Å². The van der Waals surface area contributed by atoms with Gasteiger partial charge in [0.15, 0.2) is 0 Å². The molecule has 0 aromatic heterocycles. The zero-order valence-electron chi connectivity index (χ0n) is 10.9. The summed E-state index contributed by atoms with van der Waals surface area (Å²) in [6.45, 7) is 8.44. The van der Waals surface area contributed by atoms with Crippen LogP contribution in [0.3, 0.4) is 0 Å². The molecule has 0 bridgehead atoms. The molecule has 1 unspecified atom stereocenters. The Morgan fingerprint density at radius 2 is 1.88 bits per heavy atom. The van der Waals surface area contributed by atoms with Crippen LogP contribution >= 0.6 is 0 Å². The van der Waals surface area contributed by atoms with Gasteiger partial charge in [-0.2, -0.15) is 0 Å². The maximum atomic E-state index is 11.9. The summed E-state index contributed by atoms with van der Waals surface area (Å²) in [5.74, 6) is 0.789. The number of fused-ring (bicyclic) bond motifs is 1. The van der Waals surface area contributed by atoms with Crippen LogP contribution in [0.5, 0.6) is 0 Å². The number of anilines is 2. The van der Waals surface area contributed by atoms with Crippen molar-refractivity contribution in [1.29, 1.82) is 0 Å². The Labute approximate surface area is 103 Å². The molecule has 1 aromatic rings. The van der Waals surface area contributed by atoms with Crippen LogP contribution in [0.1, 0.15) is 39.2 Å². The van der Waals surface area contributed by atoms with E-state index >= 15 is 0 Å². The molecule has 0 spiro atoms. The van der Waals surface area contributed by atoms with Crippen LogP contribution in [0.2, 0.25) is 0 Å². The summed E-state index contributed by atoms with van der Waals surface area (Å²) < 4.78 is 0. The van der Waals surface area contributed by atoms with E-state index < -0.39 is 0 Å². The Balaban J connectivity index is 2.43. The lowest BCUT2D eigenvalue weighted by molar-refractivity contribution is -0.117. The molecular formula is C14H20N2O. The fourth-order valence-electron chi connectivity index (χ4n) is 2.22. The molecule has 92 valence electrons. The number of amides is 1. The van der Waals surface area contributed by atoms with Gasteiger partial charge in [-0.3, -0.25) is 4.79 Å². The smallest absolute Gasteiger partial charge is 0.247 e. The van der Waals surface area contributed by atoms with Gasteiger partial charge in [-0.25, -0.2) is 0 Å². The molecule has 1 aliphatic heterocycles. The second-order valence-corrected chi connectivity index (χ2v) is 5.28. The number of nitrogens with one attached hydrogen (secondary N) is 2. The Bertz CT molecular complexity index is 438. The normalized spacial score (nSPS) is 18.9. The predicted molar refractivity (Wildman–Crippen MR) is 71.4 cm³/mol. The number of hydrogen-bond acceptors (Lipinski definition) is 2. The minimum Gasteiger partial charge on any atom is -0.372 e. The first kappa shape index (κ1) is 12.0. The van der Waals surface area contributed by atoms with Gasteiger partial charge in [-0.15, -0.1) is 0 Å². The molecule has 3 heteroatoms. The second kappa shape index (κ2) is 4.40. The summed E-state index contributed by atoms with van der Waals surface area (Å²) in [6, 6.07) is 5.92. The van der Waals surface area contributed by atoms with Gasteiger partial charge in [0.1, 0.15) is 6.04 Å². The van der Waals surface area contributed by atoms with Gasteiger partial charge < -0.3 is 10.6 Å². The topological polar surface area (TPSA) is 41.1 Å². The summed E-state index contributed by atoms with van der Waals surface area (Å²) in [6.07, 6.45) is 0. The van der Waals surface area contributed by atoms with Crippen molar-refractivity contribution in [2.24, 2.45) is 5.92 Å². The summed E-state index contributed by atoms with van der Waals surface area (Å²) in [5.41, 5.74) is 3.24. The Morgan fingerprint density at radius 1 is 1.18 bits per heavy atom. The lowest BCUT2D eigenvalue weighted by Gasteiger charge is -2.31. The van der Waals surface area contributed by atoms with E-state index in [2.05, 4.69) is 44.4 Å². The van der Waals surface area contributed by atoms with Gasteiger partial charge in [0.25, 0.3) is 0 Å². The van der Waals surface area contributed by atoms with E-state index in [0.717, 1.165) is 11.4 Å². The highest BCUT2D eigenvalue weighted by Crippen LogP contribution is 2.35. The molecule has 3 nitrogen and oxygen atoms in total. The third kappa shape index (κ3) is 2.14. The molecule has 1 aliphatic rings. The van der Waals surface area contributed by atoms with Crippen LogP contribution < -0.4 is 10.6 Å². The molecule has 0 aliphatic carbocycles. The summed E-state index contributed by atoms with van der Waals surface area (Å²) in [4.78, 5) is 11.9. The van der Waals surface area contributed by atoms with Crippen LogP contribution in [0.4, 0.5) is 11.4 Å². The molecule has 2 rings (SSSR count). The third-order valence-corrected chi connectivity index (χ3v) is 3.23. The Hall–Kier alpha value is -1.51. The Morgan fingerprint density at radius 3 is 2.47 bits per heavy atom. The molecular weight excluding hydrogens is 212 g/mol. The zero-order valence-corrected chi connectivity index (χ0v) is 10.9. The molecule has 0 fully saturated rings. The first-order valence-corrected chi connectivity index (χ1v) is 6.21. The first-order valence-electron chi connectivity index (χ1n) is 6.21. The lowest BCUT2D eigenvalue weighted by Crippen LogP contribution is -2.42. The van der Waals surface area contributed by atoms with Crippen LogP contribution in [-0.4, -0.2) is 11.9 Å². The summed E-state index contributed by atoms with van der Waals surface area (Å²) >= 11 is 0. The maximum Gasteiger partial charge on any atom is 0.247 e. The van der Waals surface area contributed by atoms with Crippen molar-refractivity contribution in [2.75, 3.05) is 10.6 Å². The number of hydrogen-bond donors (Lipinski definition) is 2. The van der Waals surface area contributed by atoms with Crippen molar-refractivity contribution in [3.8, 4) is 0 Å². The third-order valence-electron chi connectivity index (χ3n) is 3.23. The fourth-order valence-corrected chi connectivity index (χ4v) is 2.22. The van der Waals surface area contributed by atoms with E-state index in [1.165, 1.54) is 5.56 Å². The van der Waals surface area contributed by atoms with Crippen LogP contribution in [-0.2, 0) is 4.79 Å². The highest BCUT2D eigenvalue weighted by Gasteiger charge is 2.29. The van der Waals surface area contributed by atoms with Crippen LogP contribution in [0.15, 0.2) is 18.2 Å². The minimum atomic E-state index is -0.137. The van der Waals surface area contributed by atoms with Gasteiger partial charge >= 0.3 is 0 Å². The monoisotopic (exact) mass is 232 g/mol. The van der Waals surface area contributed by atoms with Crippen molar-refractivity contribution in [1.82, 2.24) is 0 Å². The predicted octanol–water partition coefficient (Wildman–Crippen LogP) is 3.20. The fraction of sp³-hybridized carbons (Fsp3) is 0.500. The van der Waals surface area contributed by atoms with E-state index in [9.17, 15) is 4.79 Å². The van der Waals surface area contributed by atoms with Crippen molar-refractivity contribution in [3.63, 3.8) is 0 Å². The van der Waals surface area contributed by atoms with Gasteiger partial charge in [-0.05, 0) is 23.5 Å². The van der Waals surface area contributed by atoms with E-state index in [4.69, 9.17) is 0 Å². The number of rotatable bonds is 2. The van der Waals surface area contributed by atoms with E-state index in [-0.39, 0.29) is 17.9 Å². The van der Waals surface area contributed by atoms with Gasteiger partial charge in [-0.1, -0.05) is 39.8 Å². The number of benzene rings is 1. The average Bonchev–Trinajstić information content (AvgIpc) is 2.26. The molecule has 1 aromatic carbocycles. The van der Waals surface area contributed by atoms with Crippen LogP contribution in [0.25, 0.3) is 0 Å². The lowest BCUT2D eigenvalue weighted by atomic mass is 9.95. The van der Waals surface area contributed by atoms with Gasteiger partial charge in [0.05, 0.1) is 11.4 Å². The molecule has 1 amide bonds. The number of para-hydroxylation sites is 1. The number of carbonyl (C=O) groups excluding carboxylic acids is 1. The van der Waals surface area contributed by atoms with E-state index in [0.29, 0.717) is 5.92 Å². The number of carbonyl (C=O) groups is 1. The second-order valence-electron chi connectivity index (χ2n) is 5.28. The van der Waals surface area contributed by atoms with Crippen molar-refractivity contribution in [2.45, 2.75) is 39.7 Å². The summed E-state index contributed by atoms with van der Waals surface area (Å²) in [7, 11) is 0. The van der Waals surface area contributed by atoms with Gasteiger partial charge in [0, 0.05) is 0 Å². The van der Waals surface area contributed by atoms with E-state index in [1.54, 1.807) is 0 Å². The van der Waals surface area contributed by atoms with Crippen molar-refractivity contribution < 1.29 is 4.79 Å². The van der Waals surface area contributed by atoms with Crippen molar-refractivity contribution >= 4 is 17.3 Å². The molecule has 0 saturated carbocycles. The SMILES string of the molecule is CC(C)c1cccc2c1NC(C(C)C)C(=O)N2. The minimum absolute atomic E-state index is 0.0633. The standard InChI is InChI=1S/C14H20N2O/c1-8(2)10-6-5-7-11-13(10)16-12(9(3)4)14(17)15-11/h5-9,12,16H,1-4H3,(H,15,17). The molecule has 1 heterocycles. The first-order chi connectivity index (χ1) is 8.00. The molecule has 1 atom stereocenters. The van der Waals surface area contributed by atoms with Crippen molar-refractivity contribution in [3.05, 3.63) is 23.8 Å². The highest BCUT2D eigenvalue weighted by molar-refractivity contribution is 6.03. The molecule has 0 radical (unpaired) electrons. The molecule has 0 saturated heterocycles. The molecule has 17 heavy (non-hydrogen) atoms.